The molecule has 2 N–H and O–H groups in total. The van der Waals surface area contributed by atoms with Crippen molar-refractivity contribution in [3.8, 4) is 11.5 Å². The lowest BCUT2D eigenvalue weighted by Gasteiger charge is -1.95. The summed E-state index contributed by atoms with van der Waals surface area (Å²) in [4.78, 5) is 0. The summed E-state index contributed by atoms with van der Waals surface area (Å²) in [5.74, 6) is -0.153. The smallest absolute Gasteiger partial charge is 0.157 e. The van der Waals surface area contributed by atoms with Crippen molar-refractivity contribution in [2.45, 2.75) is 26.7 Å². The van der Waals surface area contributed by atoms with E-state index in [0.29, 0.717) is 0 Å². The highest BCUT2D eigenvalue weighted by Gasteiger charge is 1.90. The van der Waals surface area contributed by atoms with Crippen molar-refractivity contribution < 1.29 is 14.9 Å². The van der Waals surface area contributed by atoms with Crippen LogP contribution >= 0.6 is 0 Å². The van der Waals surface area contributed by atoms with Gasteiger partial charge in [0.1, 0.15) is 0 Å². The first-order chi connectivity index (χ1) is 7.22. The Hall–Kier alpha value is -1.22. The fraction of sp³-hybridized carbons (Fsp3) is 0.500. The standard InChI is InChI=1S/C6H6O2.C6H14O/c7-5-3-1-2-4-6(5)8;1-3-5-7-6-4-2/h1-4,7-8H;3-6H2,1-2H3. The van der Waals surface area contributed by atoms with Crippen LogP contribution in [-0.2, 0) is 4.74 Å². The number of para-hydroxylation sites is 2. The van der Waals surface area contributed by atoms with Crippen LogP contribution in [0.25, 0.3) is 0 Å². The summed E-state index contributed by atoms with van der Waals surface area (Å²) in [6.07, 6.45) is 2.28. The van der Waals surface area contributed by atoms with Gasteiger partial charge in [-0.1, -0.05) is 26.0 Å². The highest BCUT2D eigenvalue weighted by Crippen LogP contribution is 2.21. The summed E-state index contributed by atoms with van der Waals surface area (Å²) in [5.41, 5.74) is 0. The number of aromatic hydroxyl groups is 2. The lowest BCUT2D eigenvalue weighted by molar-refractivity contribution is 0.135. The van der Waals surface area contributed by atoms with E-state index in [1.165, 1.54) is 12.1 Å². The maximum atomic E-state index is 8.67. The molecule has 0 spiro atoms. The molecule has 0 aliphatic heterocycles. The van der Waals surface area contributed by atoms with Gasteiger partial charge >= 0.3 is 0 Å². The van der Waals surface area contributed by atoms with Crippen LogP contribution in [0.15, 0.2) is 24.3 Å². The molecule has 1 rings (SSSR count). The van der Waals surface area contributed by atoms with Crippen LogP contribution in [0, 0.1) is 0 Å². The molecule has 0 saturated carbocycles. The van der Waals surface area contributed by atoms with E-state index in [0.717, 1.165) is 26.1 Å². The Morgan fingerprint density at radius 2 is 1.33 bits per heavy atom. The fourth-order valence-electron chi connectivity index (χ4n) is 0.855. The highest BCUT2D eigenvalue weighted by molar-refractivity contribution is 5.36. The van der Waals surface area contributed by atoms with Crippen LogP contribution in [0.2, 0.25) is 0 Å². The van der Waals surface area contributed by atoms with E-state index in [-0.39, 0.29) is 11.5 Å². The molecule has 0 aliphatic carbocycles. The SMILES string of the molecule is CCCOCCC.Oc1ccccc1O. The third-order valence-electron chi connectivity index (χ3n) is 1.58. The predicted octanol–water partition coefficient (Wildman–Crippen LogP) is 2.92. The molecule has 0 radical (unpaired) electrons. The zero-order valence-electron chi connectivity index (χ0n) is 9.44. The monoisotopic (exact) mass is 212 g/mol. The van der Waals surface area contributed by atoms with Crippen molar-refractivity contribution >= 4 is 0 Å². The summed E-state index contributed by atoms with van der Waals surface area (Å²) >= 11 is 0. The maximum absolute atomic E-state index is 8.67. The molecule has 0 unspecified atom stereocenters. The minimum Gasteiger partial charge on any atom is -0.504 e. The number of benzene rings is 1. The molecular weight excluding hydrogens is 192 g/mol. The minimum atomic E-state index is -0.0764. The van der Waals surface area contributed by atoms with Gasteiger partial charge in [-0.15, -0.1) is 0 Å². The van der Waals surface area contributed by atoms with E-state index in [4.69, 9.17) is 14.9 Å². The lowest BCUT2D eigenvalue weighted by Crippen LogP contribution is -1.92. The summed E-state index contributed by atoms with van der Waals surface area (Å²) in [7, 11) is 0. The van der Waals surface area contributed by atoms with Crippen LogP contribution in [0.4, 0.5) is 0 Å². The van der Waals surface area contributed by atoms with Gasteiger partial charge in [-0.05, 0) is 25.0 Å². The normalized spacial score (nSPS) is 9.20. The van der Waals surface area contributed by atoms with Gasteiger partial charge in [0.25, 0.3) is 0 Å². The fourth-order valence-corrected chi connectivity index (χ4v) is 0.855. The molecule has 1 aromatic carbocycles. The van der Waals surface area contributed by atoms with E-state index in [1.54, 1.807) is 12.1 Å². The van der Waals surface area contributed by atoms with Gasteiger partial charge in [0.2, 0.25) is 0 Å². The lowest BCUT2D eigenvalue weighted by atomic mass is 10.3. The molecule has 0 aromatic heterocycles. The second kappa shape index (κ2) is 9.34. The molecule has 0 saturated heterocycles. The maximum Gasteiger partial charge on any atom is 0.157 e. The van der Waals surface area contributed by atoms with E-state index in [2.05, 4.69) is 13.8 Å². The van der Waals surface area contributed by atoms with E-state index in [1.807, 2.05) is 0 Å². The minimum absolute atomic E-state index is 0.0764. The van der Waals surface area contributed by atoms with Gasteiger partial charge in [0, 0.05) is 13.2 Å². The van der Waals surface area contributed by atoms with Crippen LogP contribution in [0.5, 0.6) is 11.5 Å². The Balaban J connectivity index is 0.000000265. The molecule has 0 amide bonds. The molecule has 0 heterocycles. The van der Waals surface area contributed by atoms with Crippen LogP contribution < -0.4 is 0 Å². The zero-order chi connectivity index (χ0) is 11.5. The Bertz CT molecular complexity index is 223. The molecule has 0 atom stereocenters. The Morgan fingerprint density at radius 1 is 0.933 bits per heavy atom. The third kappa shape index (κ3) is 7.82. The van der Waals surface area contributed by atoms with Gasteiger partial charge in [0.05, 0.1) is 0 Å². The van der Waals surface area contributed by atoms with Crippen LogP contribution in [0.1, 0.15) is 26.7 Å². The van der Waals surface area contributed by atoms with E-state index >= 15 is 0 Å². The predicted molar refractivity (Wildman–Crippen MR) is 61.2 cm³/mol. The van der Waals surface area contributed by atoms with Crippen LogP contribution in [-0.4, -0.2) is 23.4 Å². The second-order valence-electron chi connectivity index (χ2n) is 3.10. The first-order valence-electron chi connectivity index (χ1n) is 5.27. The third-order valence-corrected chi connectivity index (χ3v) is 1.58. The average Bonchev–Trinajstić information content (AvgIpc) is 2.24. The van der Waals surface area contributed by atoms with E-state index < -0.39 is 0 Å². The summed E-state index contributed by atoms with van der Waals surface area (Å²) in [6.45, 7) is 6.09. The van der Waals surface area contributed by atoms with Crippen molar-refractivity contribution in [1.29, 1.82) is 0 Å². The number of rotatable bonds is 4. The second-order valence-corrected chi connectivity index (χ2v) is 3.10. The summed E-state index contributed by atoms with van der Waals surface area (Å²) < 4.78 is 5.13. The van der Waals surface area contributed by atoms with Gasteiger partial charge in [-0.25, -0.2) is 0 Å². The Kier molecular flexibility index (Phi) is 8.58. The number of hydrogen-bond acceptors (Lipinski definition) is 3. The molecule has 0 fully saturated rings. The first-order valence-corrected chi connectivity index (χ1v) is 5.27. The summed E-state index contributed by atoms with van der Waals surface area (Å²) in [5, 5.41) is 17.3. The largest absolute Gasteiger partial charge is 0.504 e. The van der Waals surface area contributed by atoms with Gasteiger partial charge < -0.3 is 14.9 Å². The topological polar surface area (TPSA) is 49.7 Å². The molecular formula is C12H20O3. The number of ether oxygens (including phenoxy) is 1. The molecule has 1 aromatic rings. The quantitative estimate of drug-likeness (QED) is 0.596. The van der Waals surface area contributed by atoms with Crippen molar-refractivity contribution in [2.75, 3.05) is 13.2 Å². The first kappa shape index (κ1) is 13.8. The Labute approximate surface area is 91.3 Å². The molecule has 3 heteroatoms. The number of phenols is 2. The average molecular weight is 212 g/mol. The van der Waals surface area contributed by atoms with Crippen molar-refractivity contribution in [1.82, 2.24) is 0 Å². The zero-order valence-corrected chi connectivity index (χ0v) is 9.44. The highest BCUT2D eigenvalue weighted by atomic mass is 16.5. The molecule has 86 valence electrons. The van der Waals surface area contributed by atoms with Crippen molar-refractivity contribution in [2.24, 2.45) is 0 Å². The molecule has 3 nitrogen and oxygen atoms in total. The summed E-state index contributed by atoms with van der Waals surface area (Å²) in [6, 6.07) is 6.15. The molecule has 15 heavy (non-hydrogen) atoms. The van der Waals surface area contributed by atoms with Crippen LogP contribution in [0.3, 0.4) is 0 Å². The number of hydrogen-bond donors (Lipinski definition) is 2. The molecule has 0 aliphatic rings. The van der Waals surface area contributed by atoms with Gasteiger partial charge in [-0.2, -0.15) is 0 Å². The van der Waals surface area contributed by atoms with Gasteiger partial charge in [0.15, 0.2) is 11.5 Å². The van der Waals surface area contributed by atoms with Crippen molar-refractivity contribution in [3.63, 3.8) is 0 Å². The van der Waals surface area contributed by atoms with Gasteiger partial charge in [-0.3, -0.25) is 0 Å². The number of phenolic OH excluding ortho intramolecular Hbond substituents is 2. The molecule has 0 bridgehead atoms. The van der Waals surface area contributed by atoms with Crippen molar-refractivity contribution in [3.05, 3.63) is 24.3 Å². The van der Waals surface area contributed by atoms with E-state index in [9.17, 15) is 0 Å². The Morgan fingerprint density at radius 3 is 1.60 bits per heavy atom.